The summed E-state index contributed by atoms with van der Waals surface area (Å²) < 4.78 is 0. The number of urea groups is 1. The number of likely N-dealkylation sites (tertiary alicyclic amines) is 1. The molecule has 1 aliphatic heterocycles. The molecule has 144 valence electrons. The predicted octanol–water partition coefficient (Wildman–Crippen LogP) is 3.97. The van der Waals surface area contributed by atoms with E-state index in [0.29, 0.717) is 0 Å². The molecule has 1 aromatic heterocycles. The van der Waals surface area contributed by atoms with Gasteiger partial charge in [-0.25, -0.2) is 4.79 Å². The number of amides is 2. The highest BCUT2D eigenvalue weighted by molar-refractivity contribution is 5.75. The molecule has 1 saturated carbocycles. The molecule has 0 bridgehead atoms. The van der Waals surface area contributed by atoms with Crippen LogP contribution < -0.4 is 5.32 Å². The van der Waals surface area contributed by atoms with Gasteiger partial charge >= 0.3 is 6.03 Å². The van der Waals surface area contributed by atoms with Crippen LogP contribution in [0, 0.1) is 0 Å². The topological polar surface area (TPSA) is 48.5 Å². The quantitative estimate of drug-likeness (QED) is 0.837. The molecule has 26 heavy (non-hydrogen) atoms. The molecule has 5 heteroatoms. The number of pyridine rings is 1. The molecule has 1 saturated heterocycles. The highest BCUT2D eigenvalue weighted by Crippen LogP contribution is 2.31. The third kappa shape index (κ3) is 4.56. The van der Waals surface area contributed by atoms with Gasteiger partial charge in [-0.15, -0.1) is 0 Å². The van der Waals surface area contributed by atoms with Crippen LogP contribution >= 0.6 is 0 Å². The molecule has 2 aliphatic rings. The summed E-state index contributed by atoms with van der Waals surface area (Å²) in [6.45, 7) is 5.50. The van der Waals surface area contributed by atoms with Crippen LogP contribution in [0.1, 0.15) is 69.9 Å². The first-order valence-corrected chi connectivity index (χ1v) is 10.3. The van der Waals surface area contributed by atoms with Gasteiger partial charge in [0.05, 0.1) is 11.6 Å². The summed E-state index contributed by atoms with van der Waals surface area (Å²) in [5.74, 6) is 0. The Bertz CT molecular complexity index is 565. The van der Waals surface area contributed by atoms with Crippen molar-refractivity contribution in [1.29, 1.82) is 0 Å². The standard InChI is InChI=1S/C21H34N4O/c1-3-19(18-10-9-13-22-16-18)24(2)20(26)23-21(11-5-4-6-12-21)17-25-14-7-8-15-25/h9-10,13,16,19H,3-8,11-12,14-15,17H2,1-2H3,(H,23,26). The van der Waals surface area contributed by atoms with Crippen molar-refractivity contribution in [1.82, 2.24) is 20.1 Å². The molecule has 2 amide bonds. The molecule has 1 aromatic rings. The molecule has 1 atom stereocenters. The van der Waals surface area contributed by atoms with Crippen LogP contribution in [0.15, 0.2) is 24.5 Å². The van der Waals surface area contributed by atoms with Crippen molar-refractivity contribution < 1.29 is 4.79 Å². The van der Waals surface area contributed by atoms with E-state index in [0.717, 1.165) is 31.4 Å². The average molecular weight is 359 g/mol. The Balaban J connectivity index is 1.69. The zero-order chi connectivity index (χ0) is 18.4. The van der Waals surface area contributed by atoms with Gasteiger partial charge in [-0.1, -0.05) is 32.3 Å². The number of hydrogen-bond acceptors (Lipinski definition) is 3. The third-order valence-electron chi connectivity index (χ3n) is 6.15. The molecule has 1 N–H and O–H groups in total. The maximum absolute atomic E-state index is 13.1. The lowest BCUT2D eigenvalue weighted by Crippen LogP contribution is -2.58. The Labute approximate surface area is 158 Å². The first kappa shape index (κ1) is 19.2. The fourth-order valence-electron chi connectivity index (χ4n) is 4.68. The molecule has 5 nitrogen and oxygen atoms in total. The van der Waals surface area contributed by atoms with Crippen molar-refractivity contribution in [3.8, 4) is 0 Å². The Morgan fingerprint density at radius 2 is 2.00 bits per heavy atom. The number of hydrogen-bond donors (Lipinski definition) is 1. The van der Waals surface area contributed by atoms with Crippen LogP contribution in [0.5, 0.6) is 0 Å². The van der Waals surface area contributed by atoms with Gasteiger partial charge in [0.1, 0.15) is 0 Å². The van der Waals surface area contributed by atoms with Gasteiger partial charge < -0.3 is 15.1 Å². The van der Waals surface area contributed by atoms with E-state index in [1.165, 1.54) is 45.2 Å². The van der Waals surface area contributed by atoms with E-state index in [9.17, 15) is 4.79 Å². The first-order valence-electron chi connectivity index (χ1n) is 10.3. The van der Waals surface area contributed by atoms with Crippen LogP contribution in [-0.2, 0) is 0 Å². The number of nitrogens with zero attached hydrogens (tertiary/aromatic N) is 3. The van der Waals surface area contributed by atoms with Gasteiger partial charge in [-0.2, -0.15) is 0 Å². The molecule has 0 radical (unpaired) electrons. The minimum absolute atomic E-state index is 0.0544. The largest absolute Gasteiger partial charge is 0.331 e. The Morgan fingerprint density at radius 1 is 1.27 bits per heavy atom. The lowest BCUT2D eigenvalue weighted by atomic mass is 9.81. The first-order chi connectivity index (χ1) is 12.6. The molecule has 1 aliphatic carbocycles. The van der Waals surface area contributed by atoms with Crippen molar-refractivity contribution in [3.05, 3.63) is 30.1 Å². The molecule has 1 unspecified atom stereocenters. The van der Waals surface area contributed by atoms with Gasteiger partial charge in [-0.05, 0) is 56.8 Å². The van der Waals surface area contributed by atoms with Crippen LogP contribution in [-0.4, -0.2) is 53.0 Å². The van der Waals surface area contributed by atoms with Gasteiger partial charge in [0, 0.05) is 26.0 Å². The van der Waals surface area contributed by atoms with Gasteiger partial charge in [-0.3, -0.25) is 4.98 Å². The minimum Gasteiger partial charge on any atom is -0.331 e. The van der Waals surface area contributed by atoms with E-state index in [2.05, 4.69) is 28.2 Å². The van der Waals surface area contributed by atoms with Crippen molar-refractivity contribution in [2.24, 2.45) is 0 Å². The Kier molecular flexibility index (Phi) is 6.52. The van der Waals surface area contributed by atoms with E-state index in [1.54, 1.807) is 6.20 Å². The van der Waals surface area contributed by atoms with Crippen LogP contribution in [0.25, 0.3) is 0 Å². The molecule has 2 fully saturated rings. The van der Waals surface area contributed by atoms with E-state index >= 15 is 0 Å². The van der Waals surface area contributed by atoms with E-state index in [-0.39, 0.29) is 17.6 Å². The van der Waals surface area contributed by atoms with Crippen molar-refractivity contribution >= 4 is 6.03 Å². The summed E-state index contributed by atoms with van der Waals surface area (Å²) in [6, 6.07) is 4.13. The van der Waals surface area contributed by atoms with Gasteiger partial charge in [0.2, 0.25) is 0 Å². The predicted molar refractivity (Wildman–Crippen MR) is 105 cm³/mol. The second-order valence-corrected chi connectivity index (χ2v) is 8.08. The third-order valence-corrected chi connectivity index (χ3v) is 6.15. The summed E-state index contributed by atoms with van der Waals surface area (Å²) in [4.78, 5) is 21.8. The zero-order valence-corrected chi connectivity index (χ0v) is 16.4. The molecule has 0 spiro atoms. The number of carbonyl (C=O) groups is 1. The summed E-state index contributed by atoms with van der Waals surface area (Å²) in [5, 5.41) is 3.47. The number of rotatable bonds is 6. The summed E-state index contributed by atoms with van der Waals surface area (Å²) in [7, 11) is 1.92. The summed E-state index contributed by atoms with van der Waals surface area (Å²) >= 11 is 0. The Morgan fingerprint density at radius 3 is 2.62 bits per heavy atom. The number of aromatic nitrogens is 1. The smallest absolute Gasteiger partial charge is 0.318 e. The highest BCUT2D eigenvalue weighted by Gasteiger charge is 2.37. The van der Waals surface area contributed by atoms with Crippen LogP contribution in [0.2, 0.25) is 0 Å². The lowest BCUT2D eigenvalue weighted by molar-refractivity contribution is 0.135. The number of nitrogens with one attached hydrogen (secondary N) is 1. The average Bonchev–Trinajstić information content (AvgIpc) is 3.16. The van der Waals surface area contributed by atoms with Crippen molar-refractivity contribution in [3.63, 3.8) is 0 Å². The van der Waals surface area contributed by atoms with E-state index in [1.807, 2.05) is 24.2 Å². The highest BCUT2D eigenvalue weighted by atomic mass is 16.2. The van der Waals surface area contributed by atoms with E-state index < -0.39 is 0 Å². The van der Waals surface area contributed by atoms with Crippen LogP contribution in [0.4, 0.5) is 4.79 Å². The maximum atomic E-state index is 13.1. The molecular formula is C21H34N4O. The summed E-state index contributed by atoms with van der Waals surface area (Å²) in [6.07, 6.45) is 13.1. The molecular weight excluding hydrogens is 324 g/mol. The van der Waals surface area contributed by atoms with E-state index in [4.69, 9.17) is 0 Å². The second-order valence-electron chi connectivity index (χ2n) is 8.08. The molecule has 3 rings (SSSR count). The lowest BCUT2D eigenvalue weighted by Gasteiger charge is -2.42. The van der Waals surface area contributed by atoms with Crippen LogP contribution in [0.3, 0.4) is 0 Å². The fraction of sp³-hybridized carbons (Fsp3) is 0.714. The second kappa shape index (κ2) is 8.85. The molecule has 2 heterocycles. The Hall–Kier alpha value is -1.62. The van der Waals surface area contributed by atoms with Crippen molar-refractivity contribution in [2.75, 3.05) is 26.7 Å². The monoisotopic (exact) mass is 358 g/mol. The molecule has 0 aromatic carbocycles. The zero-order valence-electron chi connectivity index (χ0n) is 16.4. The minimum atomic E-state index is -0.0544. The van der Waals surface area contributed by atoms with Gasteiger partial charge in [0.25, 0.3) is 0 Å². The number of carbonyl (C=O) groups excluding carboxylic acids is 1. The van der Waals surface area contributed by atoms with Gasteiger partial charge in [0.15, 0.2) is 0 Å². The normalized spacial score (nSPS) is 21.3. The summed E-state index contributed by atoms with van der Waals surface area (Å²) in [5.41, 5.74) is 1.05. The maximum Gasteiger partial charge on any atom is 0.318 e. The fourth-order valence-corrected chi connectivity index (χ4v) is 4.68. The SMILES string of the molecule is CCC(c1cccnc1)N(C)C(=O)NC1(CN2CCCC2)CCCCC1. The van der Waals surface area contributed by atoms with Crippen molar-refractivity contribution in [2.45, 2.75) is 69.9 Å².